The molecule has 3 rings (SSSR count). The van der Waals surface area contributed by atoms with Crippen LogP contribution in [-0.2, 0) is 9.53 Å². The van der Waals surface area contributed by atoms with Crippen molar-refractivity contribution < 1.29 is 23.8 Å². The summed E-state index contributed by atoms with van der Waals surface area (Å²) in [7, 11) is 0. The molecule has 1 aromatic heterocycles. The van der Waals surface area contributed by atoms with Crippen LogP contribution in [-0.4, -0.2) is 47.7 Å². The summed E-state index contributed by atoms with van der Waals surface area (Å²) >= 11 is 0. The Balaban J connectivity index is 1.92. The average Bonchev–Trinajstić information content (AvgIpc) is 2.54. The van der Waals surface area contributed by atoms with Gasteiger partial charge in [-0.3, -0.25) is 9.59 Å². The van der Waals surface area contributed by atoms with Crippen LogP contribution in [0.3, 0.4) is 0 Å². The lowest BCUT2D eigenvalue weighted by atomic mass is 10.2. The van der Waals surface area contributed by atoms with Crippen LogP contribution < -0.4 is 5.43 Å². The fourth-order valence-corrected chi connectivity index (χ4v) is 2.35. The van der Waals surface area contributed by atoms with Gasteiger partial charge in [-0.25, -0.2) is 4.79 Å². The third kappa shape index (κ3) is 2.58. The Morgan fingerprint density at radius 1 is 1.27 bits per heavy atom. The Morgan fingerprint density at radius 3 is 2.82 bits per heavy atom. The zero-order valence-corrected chi connectivity index (χ0v) is 11.5. The molecule has 1 atom stereocenters. The van der Waals surface area contributed by atoms with Crippen molar-refractivity contribution in [3.63, 3.8) is 0 Å². The Labute approximate surface area is 124 Å². The van der Waals surface area contributed by atoms with Gasteiger partial charge in [-0.15, -0.1) is 0 Å². The predicted molar refractivity (Wildman–Crippen MR) is 75.8 cm³/mol. The molecule has 1 unspecified atom stereocenters. The molecular weight excluding hydrogens is 290 g/mol. The van der Waals surface area contributed by atoms with E-state index in [0.29, 0.717) is 11.0 Å². The molecule has 1 amide bonds. The zero-order chi connectivity index (χ0) is 15.7. The SMILES string of the molecule is O=C(O)C1CN(C(=O)c2cc(=O)c3ccccc3o2)CCO1. The normalized spacial score (nSPS) is 18.4. The van der Waals surface area contributed by atoms with E-state index in [4.69, 9.17) is 14.3 Å². The highest BCUT2D eigenvalue weighted by Gasteiger charge is 2.30. The second kappa shape index (κ2) is 5.61. The lowest BCUT2D eigenvalue weighted by molar-refractivity contribution is -0.154. The summed E-state index contributed by atoms with van der Waals surface area (Å²) in [6.07, 6.45) is -1.06. The Morgan fingerprint density at radius 2 is 2.05 bits per heavy atom. The number of nitrogens with zero attached hydrogens (tertiary/aromatic N) is 1. The minimum atomic E-state index is -1.13. The van der Waals surface area contributed by atoms with Crippen LogP contribution in [0.4, 0.5) is 0 Å². The number of carboxylic acid groups (broad SMARTS) is 1. The molecule has 22 heavy (non-hydrogen) atoms. The quantitative estimate of drug-likeness (QED) is 0.878. The second-order valence-electron chi connectivity index (χ2n) is 4.92. The van der Waals surface area contributed by atoms with Gasteiger partial charge < -0.3 is 19.2 Å². The van der Waals surface area contributed by atoms with Gasteiger partial charge >= 0.3 is 5.97 Å². The van der Waals surface area contributed by atoms with Crippen LogP contribution in [0, 0.1) is 0 Å². The van der Waals surface area contributed by atoms with Gasteiger partial charge in [0.15, 0.2) is 17.3 Å². The summed E-state index contributed by atoms with van der Waals surface area (Å²) in [5.74, 6) is -1.75. The average molecular weight is 303 g/mol. The number of carboxylic acids is 1. The van der Waals surface area contributed by atoms with Crippen molar-refractivity contribution in [2.75, 3.05) is 19.7 Å². The van der Waals surface area contributed by atoms with Crippen LogP contribution in [0.1, 0.15) is 10.6 Å². The molecule has 7 heteroatoms. The van der Waals surface area contributed by atoms with Gasteiger partial charge in [-0.1, -0.05) is 12.1 Å². The number of rotatable bonds is 2. The molecule has 1 saturated heterocycles. The Kier molecular flexibility index (Phi) is 3.64. The minimum absolute atomic E-state index is 0.0787. The summed E-state index contributed by atoms with van der Waals surface area (Å²) in [5, 5.41) is 9.35. The maximum Gasteiger partial charge on any atom is 0.334 e. The second-order valence-corrected chi connectivity index (χ2v) is 4.92. The molecule has 1 aliphatic heterocycles. The molecule has 2 aromatic rings. The number of morpholine rings is 1. The first-order valence-electron chi connectivity index (χ1n) is 6.73. The molecule has 0 bridgehead atoms. The van der Waals surface area contributed by atoms with E-state index in [0.717, 1.165) is 6.07 Å². The van der Waals surface area contributed by atoms with Crippen molar-refractivity contribution in [2.24, 2.45) is 0 Å². The third-order valence-electron chi connectivity index (χ3n) is 3.47. The van der Waals surface area contributed by atoms with Crippen molar-refractivity contribution >= 4 is 22.8 Å². The summed E-state index contributed by atoms with van der Waals surface area (Å²) in [6, 6.07) is 7.77. The molecule has 2 heterocycles. The van der Waals surface area contributed by atoms with Gasteiger partial charge in [0.2, 0.25) is 0 Å². The number of para-hydroxylation sites is 1. The molecular formula is C15H13NO6. The predicted octanol–water partition coefficient (Wildman–Crippen LogP) is 0.719. The molecule has 0 aliphatic carbocycles. The van der Waals surface area contributed by atoms with Crippen molar-refractivity contribution in [1.29, 1.82) is 0 Å². The number of fused-ring (bicyclic) bond motifs is 1. The van der Waals surface area contributed by atoms with Crippen molar-refractivity contribution in [3.05, 3.63) is 46.3 Å². The number of ether oxygens (including phenoxy) is 1. The highest BCUT2D eigenvalue weighted by atomic mass is 16.5. The molecule has 1 aromatic carbocycles. The molecule has 114 valence electrons. The summed E-state index contributed by atoms with van der Waals surface area (Å²) < 4.78 is 10.5. The first-order chi connectivity index (χ1) is 10.6. The smallest absolute Gasteiger partial charge is 0.334 e. The van der Waals surface area contributed by atoms with E-state index in [1.165, 1.54) is 4.90 Å². The van der Waals surface area contributed by atoms with Gasteiger partial charge in [-0.05, 0) is 12.1 Å². The fourth-order valence-electron chi connectivity index (χ4n) is 2.35. The molecule has 1 N–H and O–H groups in total. The molecule has 0 radical (unpaired) electrons. The zero-order valence-electron chi connectivity index (χ0n) is 11.5. The minimum Gasteiger partial charge on any atom is -0.479 e. The van der Waals surface area contributed by atoms with E-state index >= 15 is 0 Å². The van der Waals surface area contributed by atoms with E-state index in [9.17, 15) is 14.4 Å². The largest absolute Gasteiger partial charge is 0.479 e. The Bertz CT molecular complexity index is 796. The van der Waals surface area contributed by atoms with Crippen LogP contribution in [0.25, 0.3) is 11.0 Å². The molecule has 7 nitrogen and oxygen atoms in total. The van der Waals surface area contributed by atoms with Crippen LogP contribution >= 0.6 is 0 Å². The van der Waals surface area contributed by atoms with Gasteiger partial charge in [-0.2, -0.15) is 0 Å². The summed E-state index contributed by atoms with van der Waals surface area (Å²) in [5.41, 5.74) is 0.00892. The molecule has 1 fully saturated rings. The van der Waals surface area contributed by atoms with E-state index in [-0.39, 0.29) is 30.9 Å². The summed E-state index contributed by atoms with van der Waals surface area (Å²) in [6.45, 7) is 0.296. The van der Waals surface area contributed by atoms with E-state index < -0.39 is 18.0 Å². The van der Waals surface area contributed by atoms with Gasteiger partial charge in [0.1, 0.15) is 5.58 Å². The van der Waals surface area contributed by atoms with E-state index in [2.05, 4.69) is 0 Å². The van der Waals surface area contributed by atoms with Crippen LogP contribution in [0.5, 0.6) is 0 Å². The number of amides is 1. The summed E-state index contributed by atoms with van der Waals surface area (Å²) in [4.78, 5) is 36.7. The first-order valence-corrected chi connectivity index (χ1v) is 6.73. The standard InChI is InChI=1S/C15H13NO6/c17-10-7-12(22-11-4-2-1-3-9(10)11)14(18)16-5-6-21-13(8-16)15(19)20/h1-4,7,13H,5-6,8H2,(H,19,20). The van der Waals surface area contributed by atoms with Gasteiger partial charge in [0, 0.05) is 12.6 Å². The van der Waals surface area contributed by atoms with Crippen molar-refractivity contribution in [2.45, 2.75) is 6.10 Å². The van der Waals surface area contributed by atoms with Gasteiger partial charge in [0.05, 0.1) is 18.5 Å². The first kappa shape index (κ1) is 14.3. The molecule has 0 saturated carbocycles. The number of carbonyl (C=O) groups is 2. The monoisotopic (exact) mass is 303 g/mol. The highest BCUT2D eigenvalue weighted by Crippen LogP contribution is 2.15. The third-order valence-corrected chi connectivity index (χ3v) is 3.47. The highest BCUT2D eigenvalue weighted by molar-refractivity contribution is 5.93. The van der Waals surface area contributed by atoms with E-state index in [1.54, 1.807) is 24.3 Å². The fraction of sp³-hybridized carbons (Fsp3) is 0.267. The van der Waals surface area contributed by atoms with Gasteiger partial charge in [0.25, 0.3) is 5.91 Å². The molecule has 1 aliphatic rings. The number of benzene rings is 1. The topological polar surface area (TPSA) is 97.1 Å². The van der Waals surface area contributed by atoms with Crippen molar-refractivity contribution in [3.8, 4) is 0 Å². The number of aliphatic carboxylic acids is 1. The number of hydrogen-bond acceptors (Lipinski definition) is 5. The number of carbonyl (C=O) groups excluding carboxylic acids is 1. The lowest BCUT2D eigenvalue weighted by Gasteiger charge is -2.30. The van der Waals surface area contributed by atoms with Crippen molar-refractivity contribution in [1.82, 2.24) is 4.90 Å². The Hall–Kier alpha value is -2.67. The van der Waals surface area contributed by atoms with Crippen LogP contribution in [0.2, 0.25) is 0 Å². The number of hydrogen-bond donors (Lipinski definition) is 1. The maximum absolute atomic E-state index is 12.4. The van der Waals surface area contributed by atoms with E-state index in [1.807, 2.05) is 0 Å². The molecule has 0 spiro atoms. The maximum atomic E-state index is 12.4. The van der Waals surface area contributed by atoms with Crippen LogP contribution in [0.15, 0.2) is 39.5 Å². The lowest BCUT2D eigenvalue weighted by Crippen LogP contribution is -2.48.